The van der Waals surface area contributed by atoms with Gasteiger partial charge in [-0.2, -0.15) is 5.26 Å². The molecule has 3 N–H and O–H groups in total. The first-order chi connectivity index (χ1) is 10.7. The summed E-state index contributed by atoms with van der Waals surface area (Å²) in [5.41, 5.74) is 1.12. The van der Waals surface area contributed by atoms with E-state index >= 15 is 0 Å². The van der Waals surface area contributed by atoms with Gasteiger partial charge >= 0.3 is 6.03 Å². The van der Waals surface area contributed by atoms with E-state index in [9.17, 15) is 9.90 Å². The molecule has 1 aromatic carbocycles. The van der Waals surface area contributed by atoms with E-state index in [0.717, 1.165) is 5.56 Å². The van der Waals surface area contributed by atoms with E-state index in [4.69, 9.17) is 5.26 Å². The van der Waals surface area contributed by atoms with E-state index in [-0.39, 0.29) is 18.0 Å². The lowest BCUT2D eigenvalue weighted by Gasteiger charge is -2.33. The molecule has 0 aliphatic heterocycles. The first-order valence-corrected chi connectivity index (χ1v) is 7.90. The monoisotopic (exact) mass is 317 g/mol. The molecule has 1 aromatic rings. The maximum absolute atomic E-state index is 12.0. The SMILES string of the molecule is CC(NC(=O)NCC(C)(C)C(O)C(C)C)c1ccc(C#N)cc1. The second kappa shape index (κ2) is 7.98. The fourth-order valence-electron chi connectivity index (χ4n) is 2.49. The van der Waals surface area contributed by atoms with Gasteiger partial charge in [-0.25, -0.2) is 4.79 Å². The number of aliphatic hydroxyl groups is 1. The molecule has 2 unspecified atom stereocenters. The highest BCUT2D eigenvalue weighted by Crippen LogP contribution is 2.25. The van der Waals surface area contributed by atoms with Gasteiger partial charge in [-0.3, -0.25) is 0 Å². The standard InChI is InChI=1S/C18H27N3O2/c1-12(2)16(22)18(4,5)11-20-17(23)21-13(3)15-8-6-14(10-19)7-9-15/h6-9,12-13,16,22H,11H2,1-5H3,(H2,20,21,23). The largest absolute Gasteiger partial charge is 0.392 e. The van der Waals surface area contributed by atoms with E-state index in [1.54, 1.807) is 12.1 Å². The molecule has 0 aliphatic carbocycles. The molecule has 0 saturated carbocycles. The molecular formula is C18H27N3O2. The third-order valence-electron chi connectivity index (χ3n) is 4.02. The van der Waals surface area contributed by atoms with Crippen LogP contribution in [0.4, 0.5) is 4.79 Å². The number of aliphatic hydroxyl groups excluding tert-OH is 1. The number of carbonyl (C=O) groups is 1. The number of amides is 2. The van der Waals surface area contributed by atoms with Crippen molar-refractivity contribution in [3.63, 3.8) is 0 Å². The molecule has 2 amide bonds. The fourth-order valence-corrected chi connectivity index (χ4v) is 2.49. The van der Waals surface area contributed by atoms with Crippen LogP contribution < -0.4 is 10.6 Å². The first-order valence-electron chi connectivity index (χ1n) is 7.90. The van der Waals surface area contributed by atoms with Crippen molar-refractivity contribution in [3.8, 4) is 6.07 Å². The van der Waals surface area contributed by atoms with Gasteiger partial charge in [0.1, 0.15) is 0 Å². The van der Waals surface area contributed by atoms with Crippen molar-refractivity contribution >= 4 is 6.03 Å². The minimum Gasteiger partial charge on any atom is -0.392 e. The summed E-state index contributed by atoms with van der Waals surface area (Å²) in [6, 6.07) is 8.75. The lowest BCUT2D eigenvalue weighted by atomic mass is 9.81. The van der Waals surface area contributed by atoms with Crippen LogP contribution >= 0.6 is 0 Å². The number of hydrogen-bond acceptors (Lipinski definition) is 3. The first kappa shape index (κ1) is 19.0. The Labute approximate surface area is 138 Å². The maximum atomic E-state index is 12.0. The number of nitrogens with zero attached hydrogens (tertiary/aromatic N) is 1. The second-order valence-corrected chi connectivity index (χ2v) is 6.96. The summed E-state index contributed by atoms with van der Waals surface area (Å²) in [5, 5.41) is 24.6. The van der Waals surface area contributed by atoms with E-state index in [0.29, 0.717) is 12.1 Å². The molecule has 0 aliphatic rings. The Balaban J connectivity index is 2.54. The summed E-state index contributed by atoms with van der Waals surface area (Å²) in [5.74, 6) is 0.132. The summed E-state index contributed by atoms with van der Waals surface area (Å²) in [6.07, 6.45) is -0.487. The average molecular weight is 317 g/mol. The van der Waals surface area contributed by atoms with Crippen molar-refractivity contribution in [2.75, 3.05) is 6.54 Å². The maximum Gasteiger partial charge on any atom is 0.315 e. The molecular weight excluding hydrogens is 290 g/mol. The summed E-state index contributed by atoms with van der Waals surface area (Å²) >= 11 is 0. The van der Waals surface area contributed by atoms with Gasteiger partial charge in [0.2, 0.25) is 0 Å². The number of urea groups is 1. The molecule has 0 heterocycles. The highest BCUT2D eigenvalue weighted by Gasteiger charge is 2.30. The molecule has 0 radical (unpaired) electrons. The topological polar surface area (TPSA) is 85.2 Å². The molecule has 0 aromatic heterocycles. The van der Waals surface area contributed by atoms with E-state index in [2.05, 4.69) is 16.7 Å². The van der Waals surface area contributed by atoms with E-state index in [1.165, 1.54) is 0 Å². The molecule has 2 atom stereocenters. The molecule has 126 valence electrons. The Morgan fingerprint density at radius 2 is 1.83 bits per heavy atom. The summed E-state index contributed by atoms with van der Waals surface area (Å²) < 4.78 is 0. The molecule has 23 heavy (non-hydrogen) atoms. The Morgan fingerprint density at radius 3 is 2.30 bits per heavy atom. The van der Waals surface area contributed by atoms with Crippen LogP contribution in [0.5, 0.6) is 0 Å². The van der Waals surface area contributed by atoms with Crippen LogP contribution in [-0.4, -0.2) is 23.8 Å². The van der Waals surface area contributed by atoms with Gasteiger partial charge < -0.3 is 15.7 Å². The Morgan fingerprint density at radius 1 is 1.26 bits per heavy atom. The van der Waals surface area contributed by atoms with Gasteiger partial charge in [0.05, 0.1) is 23.8 Å². The van der Waals surface area contributed by atoms with Crippen molar-refractivity contribution in [3.05, 3.63) is 35.4 Å². The van der Waals surface area contributed by atoms with E-state index in [1.807, 2.05) is 46.8 Å². The van der Waals surface area contributed by atoms with Crippen molar-refractivity contribution in [1.29, 1.82) is 5.26 Å². The third kappa shape index (κ3) is 5.57. The highest BCUT2D eigenvalue weighted by molar-refractivity contribution is 5.74. The lowest BCUT2D eigenvalue weighted by Crippen LogP contribution is -2.46. The van der Waals surface area contributed by atoms with Crippen LogP contribution in [0.15, 0.2) is 24.3 Å². The van der Waals surface area contributed by atoms with Gasteiger partial charge in [-0.05, 0) is 30.5 Å². The lowest BCUT2D eigenvalue weighted by molar-refractivity contribution is 0.0151. The number of benzene rings is 1. The quantitative estimate of drug-likeness (QED) is 0.754. The minimum atomic E-state index is -0.487. The Bertz CT molecular complexity index is 559. The predicted molar refractivity (Wildman–Crippen MR) is 90.7 cm³/mol. The number of hydrogen-bond donors (Lipinski definition) is 3. The Hall–Kier alpha value is -2.06. The number of nitriles is 1. The minimum absolute atomic E-state index is 0.132. The molecule has 0 fully saturated rings. The average Bonchev–Trinajstić information content (AvgIpc) is 2.52. The molecule has 5 heteroatoms. The van der Waals surface area contributed by atoms with Crippen LogP contribution in [0.3, 0.4) is 0 Å². The Kier molecular flexibility index (Phi) is 6.59. The number of rotatable bonds is 6. The second-order valence-electron chi connectivity index (χ2n) is 6.96. The van der Waals surface area contributed by atoms with Gasteiger partial charge in [-0.15, -0.1) is 0 Å². The zero-order valence-electron chi connectivity index (χ0n) is 14.6. The van der Waals surface area contributed by atoms with Crippen molar-refractivity contribution < 1.29 is 9.90 Å². The zero-order chi connectivity index (χ0) is 17.6. The van der Waals surface area contributed by atoms with E-state index < -0.39 is 11.5 Å². The van der Waals surface area contributed by atoms with Crippen LogP contribution in [0, 0.1) is 22.7 Å². The number of carbonyl (C=O) groups excluding carboxylic acids is 1. The van der Waals surface area contributed by atoms with Gasteiger partial charge in [0.25, 0.3) is 0 Å². The van der Waals surface area contributed by atoms with Crippen molar-refractivity contribution in [2.45, 2.75) is 46.8 Å². The summed E-state index contributed by atoms with van der Waals surface area (Å²) in [4.78, 5) is 12.0. The molecule has 5 nitrogen and oxygen atoms in total. The predicted octanol–water partition coefficient (Wildman–Crippen LogP) is 2.96. The fraction of sp³-hybridized carbons (Fsp3) is 0.556. The third-order valence-corrected chi connectivity index (χ3v) is 4.02. The van der Waals surface area contributed by atoms with Crippen molar-refractivity contribution in [2.24, 2.45) is 11.3 Å². The molecule has 0 saturated heterocycles. The van der Waals surface area contributed by atoms with Gasteiger partial charge in [0.15, 0.2) is 0 Å². The molecule has 0 bridgehead atoms. The van der Waals surface area contributed by atoms with Crippen LogP contribution in [0.25, 0.3) is 0 Å². The smallest absolute Gasteiger partial charge is 0.315 e. The highest BCUT2D eigenvalue weighted by atomic mass is 16.3. The van der Waals surface area contributed by atoms with Crippen molar-refractivity contribution in [1.82, 2.24) is 10.6 Å². The zero-order valence-corrected chi connectivity index (χ0v) is 14.6. The molecule has 1 rings (SSSR count). The van der Waals surface area contributed by atoms with Crippen LogP contribution in [0.2, 0.25) is 0 Å². The summed E-state index contributed by atoms with van der Waals surface area (Å²) in [7, 11) is 0. The van der Waals surface area contributed by atoms with Gasteiger partial charge in [-0.1, -0.05) is 39.8 Å². The van der Waals surface area contributed by atoms with Gasteiger partial charge in [0, 0.05) is 12.0 Å². The summed E-state index contributed by atoms with van der Waals surface area (Å²) in [6.45, 7) is 10.1. The molecule has 0 spiro atoms. The normalized spacial score (nSPS) is 14.0. The van der Waals surface area contributed by atoms with Crippen LogP contribution in [0.1, 0.15) is 51.8 Å². The number of nitrogens with one attached hydrogen (secondary N) is 2. The van der Waals surface area contributed by atoms with Crippen LogP contribution in [-0.2, 0) is 0 Å².